The smallest absolute Gasteiger partial charge is 0.0628 e. The molecule has 14 heavy (non-hydrogen) atoms. The normalized spacial score (nSPS) is 13.6. The Morgan fingerprint density at radius 2 is 1.93 bits per heavy atom. The van der Waals surface area contributed by atoms with Crippen molar-refractivity contribution in [3.8, 4) is 0 Å². The number of hydrogen-bond acceptors (Lipinski definition) is 2. The summed E-state index contributed by atoms with van der Waals surface area (Å²) in [6.45, 7) is 8.47. The molecule has 1 heterocycles. The number of hydrogen-bond donors (Lipinski definition) is 1. The molecule has 1 aromatic rings. The second kappa shape index (κ2) is 4.13. The molecule has 0 aliphatic rings. The first-order chi connectivity index (χ1) is 6.43. The van der Waals surface area contributed by atoms with Crippen molar-refractivity contribution in [2.45, 2.75) is 40.2 Å². The first-order valence-corrected chi connectivity index (χ1v) is 5.18. The Bertz CT molecular complexity index is 313. The van der Waals surface area contributed by atoms with E-state index in [1.165, 1.54) is 11.3 Å². The van der Waals surface area contributed by atoms with Crippen LogP contribution in [0.15, 0.2) is 0 Å². The average molecular weight is 195 g/mol. The monoisotopic (exact) mass is 195 g/mol. The Morgan fingerprint density at radius 1 is 1.36 bits per heavy atom. The van der Waals surface area contributed by atoms with Gasteiger partial charge in [-0.2, -0.15) is 5.10 Å². The summed E-state index contributed by atoms with van der Waals surface area (Å²) >= 11 is 0. The molecule has 0 spiro atoms. The summed E-state index contributed by atoms with van der Waals surface area (Å²) in [5, 5.41) is 4.38. The minimum absolute atomic E-state index is 0.233. The predicted molar refractivity (Wildman–Crippen MR) is 59.2 cm³/mol. The van der Waals surface area contributed by atoms with Crippen LogP contribution in [0, 0.1) is 19.8 Å². The Hall–Kier alpha value is -0.830. The fourth-order valence-corrected chi connectivity index (χ4v) is 1.58. The summed E-state index contributed by atoms with van der Waals surface area (Å²) in [7, 11) is 1.98. The molecule has 0 aliphatic carbocycles. The third-order valence-corrected chi connectivity index (χ3v) is 2.96. The molecule has 2 N–H and O–H groups in total. The zero-order valence-corrected chi connectivity index (χ0v) is 9.83. The summed E-state index contributed by atoms with van der Waals surface area (Å²) in [5.74, 6) is 0.522. The zero-order valence-electron chi connectivity index (χ0n) is 9.83. The third-order valence-electron chi connectivity index (χ3n) is 2.96. The van der Waals surface area contributed by atoms with Gasteiger partial charge >= 0.3 is 0 Å². The van der Waals surface area contributed by atoms with Crippen molar-refractivity contribution >= 4 is 0 Å². The van der Waals surface area contributed by atoms with Crippen molar-refractivity contribution in [1.82, 2.24) is 9.78 Å². The van der Waals surface area contributed by atoms with Crippen LogP contribution in [0.4, 0.5) is 0 Å². The summed E-state index contributed by atoms with van der Waals surface area (Å²) < 4.78 is 1.93. The minimum atomic E-state index is 0.233. The summed E-state index contributed by atoms with van der Waals surface area (Å²) in [6, 6.07) is 0.233. The topological polar surface area (TPSA) is 43.8 Å². The maximum Gasteiger partial charge on any atom is 0.0628 e. The van der Waals surface area contributed by atoms with Gasteiger partial charge in [-0.25, -0.2) is 0 Å². The molecule has 0 aromatic carbocycles. The largest absolute Gasteiger partial charge is 0.327 e. The lowest BCUT2D eigenvalue weighted by Gasteiger charge is -2.15. The fraction of sp³-hybridized carbons (Fsp3) is 0.727. The van der Waals surface area contributed by atoms with Crippen molar-refractivity contribution in [2.24, 2.45) is 18.7 Å². The van der Waals surface area contributed by atoms with Gasteiger partial charge in [0.2, 0.25) is 0 Å². The number of aryl methyl sites for hydroxylation is 2. The van der Waals surface area contributed by atoms with Crippen LogP contribution in [0.1, 0.15) is 30.8 Å². The molecule has 3 nitrogen and oxygen atoms in total. The summed E-state index contributed by atoms with van der Waals surface area (Å²) in [6.07, 6.45) is 0.934. The second-order valence-electron chi connectivity index (χ2n) is 4.38. The predicted octanol–water partition coefficient (Wildman–Crippen LogP) is 1.56. The molecule has 1 atom stereocenters. The van der Waals surface area contributed by atoms with E-state index in [0.717, 1.165) is 12.1 Å². The molecule has 0 bridgehead atoms. The molecule has 80 valence electrons. The number of nitrogens with two attached hydrogens (primary N) is 1. The van der Waals surface area contributed by atoms with Crippen LogP contribution >= 0.6 is 0 Å². The number of aromatic nitrogens is 2. The van der Waals surface area contributed by atoms with Crippen molar-refractivity contribution in [2.75, 3.05) is 0 Å². The lowest BCUT2D eigenvalue weighted by atomic mass is 9.96. The average Bonchev–Trinajstić information content (AvgIpc) is 2.32. The van der Waals surface area contributed by atoms with Crippen LogP contribution < -0.4 is 5.73 Å². The lowest BCUT2D eigenvalue weighted by molar-refractivity contribution is 0.489. The molecular formula is C11H21N3. The molecule has 0 radical (unpaired) electrons. The molecule has 3 heteroatoms. The molecule has 1 unspecified atom stereocenters. The van der Waals surface area contributed by atoms with E-state index in [2.05, 4.69) is 32.8 Å². The first kappa shape index (κ1) is 11.2. The highest BCUT2D eigenvalue weighted by Gasteiger charge is 2.15. The minimum Gasteiger partial charge on any atom is -0.327 e. The molecule has 0 saturated heterocycles. The van der Waals surface area contributed by atoms with E-state index in [9.17, 15) is 0 Å². The standard InChI is InChI=1S/C11H21N3/c1-7(2)11(12)6-10-8(3)13-14(5)9(10)4/h7,11H,6,12H2,1-5H3. The van der Waals surface area contributed by atoms with E-state index in [4.69, 9.17) is 5.73 Å². The van der Waals surface area contributed by atoms with E-state index < -0.39 is 0 Å². The van der Waals surface area contributed by atoms with Crippen LogP contribution in [-0.4, -0.2) is 15.8 Å². The van der Waals surface area contributed by atoms with Crippen LogP contribution in [0.5, 0.6) is 0 Å². The van der Waals surface area contributed by atoms with Crippen molar-refractivity contribution in [3.05, 3.63) is 17.0 Å². The van der Waals surface area contributed by atoms with Gasteiger partial charge in [0.15, 0.2) is 0 Å². The Morgan fingerprint density at radius 3 is 2.29 bits per heavy atom. The van der Waals surface area contributed by atoms with E-state index in [1.807, 2.05) is 11.7 Å². The van der Waals surface area contributed by atoms with Crippen molar-refractivity contribution in [3.63, 3.8) is 0 Å². The van der Waals surface area contributed by atoms with Gasteiger partial charge < -0.3 is 5.73 Å². The van der Waals surface area contributed by atoms with Gasteiger partial charge in [0.25, 0.3) is 0 Å². The molecule has 0 amide bonds. The highest BCUT2D eigenvalue weighted by Crippen LogP contribution is 2.15. The number of rotatable bonds is 3. The van der Waals surface area contributed by atoms with Crippen LogP contribution in [0.2, 0.25) is 0 Å². The maximum absolute atomic E-state index is 6.06. The highest BCUT2D eigenvalue weighted by molar-refractivity contribution is 5.25. The van der Waals surface area contributed by atoms with E-state index in [-0.39, 0.29) is 6.04 Å². The maximum atomic E-state index is 6.06. The van der Waals surface area contributed by atoms with Gasteiger partial charge in [-0.1, -0.05) is 13.8 Å². The van der Waals surface area contributed by atoms with Gasteiger partial charge in [0.05, 0.1) is 5.69 Å². The van der Waals surface area contributed by atoms with Crippen LogP contribution in [0.3, 0.4) is 0 Å². The molecule has 1 rings (SSSR count). The van der Waals surface area contributed by atoms with Gasteiger partial charge in [-0.05, 0) is 31.7 Å². The molecule has 1 aromatic heterocycles. The van der Waals surface area contributed by atoms with Crippen LogP contribution in [-0.2, 0) is 13.5 Å². The Labute approximate surface area is 86.3 Å². The van der Waals surface area contributed by atoms with Crippen molar-refractivity contribution < 1.29 is 0 Å². The number of nitrogens with zero attached hydrogens (tertiary/aromatic N) is 2. The SMILES string of the molecule is Cc1nn(C)c(C)c1CC(N)C(C)C. The summed E-state index contributed by atoms with van der Waals surface area (Å²) in [4.78, 5) is 0. The van der Waals surface area contributed by atoms with Gasteiger partial charge in [0, 0.05) is 18.8 Å². The first-order valence-electron chi connectivity index (χ1n) is 5.18. The quantitative estimate of drug-likeness (QED) is 0.795. The van der Waals surface area contributed by atoms with Crippen LogP contribution in [0.25, 0.3) is 0 Å². The Balaban J connectivity index is 2.86. The van der Waals surface area contributed by atoms with Crippen molar-refractivity contribution in [1.29, 1.82) is 0 Å². The van der Waals surface area contributed by atoms with E-state index >= 15 is 0 Å². The molecule has 0 fully saturated rings. The van der Waals surface area contributed by atoms with Gasteiger partial charge in [-0.15, -0.1) is 0 Å². The zero-order chi connectivity index (χ0) is 10.9. The van der Waals surface area contributed by atoms with Gasteiger partial charge in [-0.3, -0.25) is 4.68 Å². The van der Waals surface area contributed by atoms with E-state index in [1.54, 1.807) is 0 Å². The molecular weight excluding hydrogens is 174 g/mol. The lowest BCUT2D eigenvalue weighted by Crippen LogP contribution is -2.29. The fourth-order valence-electron chi connectivity index (χ4n) is 1.58. The molecule has 0 saturated carbocycles. The Kier molecular flexibility index (Phi) is 3.32. The molecule has 0 aliphatic heterocycles. The van der Waals surface area contributed by atoms with Gasteiger partial charge in [0.1, 0.15) is 0 Å². The second-order valence-corrected chi connectivity index (χ2v) is 4.38. The van der Waals surface area contributed by atoms with E-state index in [0.29, 0.717) is 5.92 Å². The third kappa shape index (κ3) is 2.15. The highest BCUT2D eigenvalue weighted by atomic mass is 15.3. The summed E-state index contributed by atoms with van der Waals surface area (Å²) in [5.41, 5.74) is 9.72.